The second kappa shape index (κ2) is 8.38. The average molecular weight is 432 g/mol. The largest absolute Gasteiger partial charge is 0.433 e. The molecule has 10 heteroatoms. The Morgan fingerprint density at radius 3 is 2.59 bits per heavy atom. The van der Waals surface area contributed by atoms with Gasteiger partial charge in [0.05, 0.1) is 22.1 Å². The Labute approximate surface area is 172 Å². The third kappa shape index (κ3) is 4.29. The average Bonchev–Trinajstić information content (AvgIpc) is 3.29. The van der Waals surface area contributed by atoms with Gasteiger partial charge in [0, 0.05) is 18.7 Å². The Morgan fingerprint density at radius 1 is 1.28 bits per heavy atom. The molecule has 1 aliphatic carbocycles. The Morgan fingerprint density at radius 2 is 2.00 bits per heavy atom. The molecule has 2 aromatic rings. The number of aryl methyl sites for hydroxylation is 3. The molecule has 3 rings (SSSR count). The van der Waals surface area contributed by atoms with Gasteiger partial charge in [0.1, 0.15) is 11.7 Å². The normalized spacial score (nSPS) is 14.9. The molecule has 0 fully saturated rings. The predicted molar refractivity (Wildman–Crippen MR) is 103 cm³/mol. The number of alkyl halides is 3. The Kier molecular flexibility index (Phi) is 6.26. The van der Waals surface area contributed by atoms with Crippen LogP contribution in [0.4, 0.5) is 13.2 Å². The molecule has 0 aromatic carbocycles. The lowest BCUT2D eigenvalue weighted by molar-refractivity contribution is -0.144. The van der Waals surface area contributed by atoms with Crippen molar-refractivity contribution in [1.82, 2.24) is 24.9 Å². The van der Waals surface area contributed by atoms with Crippen LogP contribution in [0.1, 0.15) is 60.6 Å². The first-order chi connectivity index (χ1) is 13.6. The third-order valence-corrected chi connectivity index (χ3v) is 5.86. The summed E-state index contributed by atoms with van der Waals surface area (Å²) in [7, 11) is 0. The molecule has 29 heavy (non-hydrogen) atoms. The van der Waals surface area contributed by atoms with Gasteiger partial charge in [-0.3, -0.25) is 14.2 Å². The van der Waals surface area contributed by atoms with Crippen LogP contribution in [0.3, 0.4) is 0 Å². The molecule has 1 N–H and O–H groups in total. The maximum Gasteiger partial charge on any atom is 0.433 e. The lowest BCUT2D eigenvalue weighted by atomic mass is 10.2. The molecular weight excluding hydrogens is 407 g/mol. The van der Waals surface area contributed by atoms with E-state index in [9.17, 15) is 18.0 Å². The first-order valence-electron chi connectivity index (χ1n) is 9.79. The smallest absolute Gasteiger partial charge is 0.354 e. The monoisotopic (exact) mass is 431 g/mol. The minimum absolute atomic E-state index is 0.102. The molecule has 2 heterocycles. The summed E-state index contributed by atoms with van der Waals surface area (Å²) in [6.07, 6.45) is -1.82. The molecule has 1 amide bonds. The van der Waals surface area contributed by atoms with E-state index in [1.807, 2.05) is 6.92 Å². The molecule has 1 atom stereocenters. The summed E-state index contributed by atoms with van der Waals surface area (Å²) in [6.45, 7) is 5.80. The number of fused-ring (bicyclic) bond motifs is 1. The number of hydrogen-bond donors (Lipinski definition) is 1. The highest BCUT2D eigenvalue weighted by atomic mass is 35.5. The number of carbonyl (C=O) groups is 1. The summed E-state index contributed by atoms with van der Waals surface area (Å²) in [5, 5.41) is 11.8. The van der Waals surface area contributed by atoms with Crippen LogP contribution < -0.4 is 5.32 Å². The van der Waals surface area contributed by atoms with E-state index in [2.05, 4.69) is 15.5 Å². The predicted octanol–water partition coefficient (Wildman–Crippen LogP) is 4.01. The number of rotatable bonds is 7. The molecule has 0 saturated carbocycles. The third-order valence-electron chi connectivity index (χ3n) is 5.31. The molecule has 0 unspecified atom stereocenters. The topological polar surface area (TPSA) is 64.7 Å². The molecule has 160 valence electrons. The zero-order chi connectivity index (χ0) is 21.3. The van der Waals surface area contributed by atoms with Gasteiger partial charge in [-0.1, -0.05) is 18.5 Å². The van der Waals surface area contributed by atoms with Crippen LogP contribution in [-0.4, -0.2) is 32.0 Å². The van der Waals surface area contributed by atoms with Crippen molar-refractivity contribution < 1.29 is 18.0 Å². The summed E-state index contributed by atoms with van der Waals surface area (Å²) in [6, 6.07) is -0.513. The zero-order valence-corrected chi connectivity index (χ0v) is 17.5. The van der Waals surface area contributed by atoms with Gasteiger partial charge < -0.3 is 5.32 Å². The van der Waals surface area contributed by atoms with E-state index in [4.69, 9.17) is 11.6 Å². The molecule has 0 bridgehead atoms. The van der Waals surface area contributed by atoms with Crippen LogP contribution in [0.5, 0.6) is 0 Å². The van der Waals surface area contributed by atoms with Gasteiger partial charge in [0.15, 0.2) is 0 Å². The summed E-state index contributed by atoms with van der Waals surface area (Å²) in [5.41, 5.74) is 1.61. The molecular formula is C19H25ClF3N5O. The number of carbonyl (C=O) groups excluding carboxylic acids is 1. The van der Waals surface area contributed by atoms with Gasteiger partial charge in [-0.2, -0.15) is 23.4 Å². The fraction of sp³-hybridized carbons (Fsp3) is 0.632. The highest BCUT2D eigenvalue weighted by Gasteiger charge is 2.40. The Balaban J connectivity index is 1.61. The molecule has 0 aliphatic heterocycles. The number of amides is 1. The summed E-state index contributed by atoms with van der Waals surface area (Å²) in [4.78, 5) is 12.6. The van der Waals surface area contributed by atoms with E-state index < -0.39 is 17.9 Å². The number of aromatic nitrogens is 4. The first-order valence-corrected chi connectivity index (χ1v) is 10.2. The van der Waals surface area contributed by atoms with Gasteiger partial charge in [0.25, 0.3) is 0 Å². The second-order valence-corrected chi connectivity index (χ2v) is 7.72. The van der Waals surface area contributed by atoms with Crippen LogP contribution in [0.2, 0.25) is 5.02 Å². The van der Waals surface area contributed by atoms with Crippen LogP contribution in [0.25, 0.3) is 0 Å². The van der Waals surface area contributed by atoms with Crippen molar-refractivity contribution in [2.75, 3.05) is 6.54 Å². The zero-order valence-electron chi connectivity index (χ0n) is 16.7. The summed E-state index contributed by atoms with van der Waals surface area (Å²) in [5.74, 6) is -0.228. The molecule has 0 spiro atoms. The maximum atomic E-state index is 13.4. The molecule has 0 saturated heterocycles. The molecule has 2 aromatic heterocycles. The van der Waals surface area contributed by atoms with Gasteiger partial charge in [0.2, 0.25) is 5.91 Å². The number of halogens is 4. The van der Waals surface area contributed by atoms with Crippen LogP contribution >= 0.6 is 11.6 Å². The Hall–Kier alpha value is -2.03. The highest BCUT2D eigenvalue weighted by molar-refractivity contribution is 6.31. The maximum absolute atomic E-state index is 13.4. The Bertz CT molecular complexity index is 903. The molecule has 0 radical (unpaired) electrons. The molecule has 1 aliphatic rings. The van der Waals surface area contributed by atoms with Gasteiger partial charge in [-0.25, -0.2) is 0 Å². The van der Waals surface area contributed by atoms with E-state index in [1.165, 1.54) is 0 Å². The van der Waals surface area contributed by atoms with Crippen LogP contribution in [-0.2, 0) is 30.4 Å². The van der Waals surface area contributed by atoms with Crippen molar-refractivity contribution in [3.05, 3.63) is 33.4 Å². The minimum atomic E-state index is -4.42. The lowest BCUT2D eigenvalue weighted by Crippen LogP contribution is -2.34. The van der Waals surface area contributed by atoms with E-state index >= 15 is 0 Å². The number of nitrogens with one attached hydrogen (secondary N) is 1. The first kappa shape index (κ1) is 21.7. The van der Waals surface area contributed by atoms with Gasteiger partial charge >= 0.3 is 6.18 Å². The molecule has 6 nitrogen and oxygen atoms in total. The van der Waals surface area contributed by atoms with E-state index in [1.54, 1.807) is 18.5 Å². The summed E-state index contributed by atoms with van der Waals surface area (Å²) < 4.78 is 43.0. The van der Waals surface area contributed by atoms with Gasteiger partial charge in [-0.15, -0.1) is 0 Å². The van der Waals surface area contributed by atoms with Crippen molar-refractivity contribution in [3.8, 4) is 0 Å². The summed E-state index contributed by atoms with van der Waals surface area (Å²) >= 11 is 6.17. The van der Waals surface area contributed by atoms with E-state index in [0.29, 0.717) is 59.8 Å². The van der Waals surface area contributed by atoms with Crippen LogP contribution in [0.15, 0.2) is 0 Å². The van der Waals surface area contributed by atoms with Crippen molar-refractivity contribution in [3.63, 3.8) is 0 Å². The SMILES string of the molecule is CC[C@H](C(=O)NCCCn1nc2c(c1C(F)(F)F)CCC2)n1nc(C)c(Cl)c1C. The number of hydrogen-bond acceptors (Lipinski definition) is 3. The minimum Gasteiger partial charge on any atom is -0.354 e. The standard InChI is InChI=1S/C19H25ClF3N5O/c1-4-15(28-12(3)16(20)11(2)25-28)18(29)24-9-6-10-27-17(19(21,22)23)13-7-5-8-14(13)26-27/h15H,4-10H2,1-3H3,(H,24,29)/t15-/m1/s1. The number of nitrogens with zero attached hydrogens (tertiary/aromatic N) is 4. The van der Waals surface area contributed by atoms with E-state index in [0.717, 1.165) is 4.68 Å². The van der Waals surface area contributed by atoms with Crippen molar-refractivity contribution in [2.24, 2.45) is 0 Å². The van der Waals surface area contributed by atoms with Crippen molar-refractivity contribution in [1.29, 1.82) is 0 Å². The fourth-order valence-corrected chi connectivity index (χ4v) is 4.02. The highest BCUT2D eigenvalue weighted by Crippen LogP contribution is 2.37. The second-order valence-electron chi connectivity index (χ2n) is 7.35. The lowest BCUT2D eigenvalue weighted by Gasteiger charge is -2.17. The van der Waals surface area contributed by atoms with Crippen molar-refractivity contribution in [2.45, 2.75) is 71.6 Å². The van der Waals surface area contributed by atoms with Crippen molar-refractivity contribution >= 4 is 17.5 Å². The quantitative estimate of drug-likeness (QED) is 0.673. The van der Waals surface area contributed by atoms with Crippen LogP contribution in [0, 0.1) is 13.8 Å². The fourth-order valence-electron chi connectivity index (χ4n) is 3.90. The van der Waals surface area contributed by atoms with E-state index in [-0.39, 0.29) is 19.0 Å². The van der Waals surface area contributed by atoms with Gasteiger partial charge in [-0.05, 0) is 46.0 Å².